The summed E-state index contributed by atoms with van der Waals surface area (Å²) in [6, 6.07) is 11.7. The lowest BCUT2D eigenvalue weighted by atomic mass is 9.81. The van der Waals surface area contributed by atoms with Crippen LogP contribution in [-0.4, -0.2) is 35.3 Å². The largest absolute Gasteiger partial charge is 0.486 e. The molecule has 2 aromatic carbocycles. The fraction of sp³-hybridized carbons (Fsp3) is 0.360. The molecular weight excluding hydrogens is 378 g/mol. The first-order valence-corrected chi connectivity index (χ1v) is 10.5. The normalized spacial score (nSPS) is 17.8. The van der Waals surface area contributed by atoms with Crippen molar-refractivity contribution in [2.75, 3.05) is 13.1 Å². The number of Topliss-reactive ketones (excluding diaryl/α,β-unsaturated/α-hetero) is 1. The molecule has 3 heterocycles. The highest BCUT2D eigenvalue weighted by atomic mass is 16.5. The number of ether oxygens (including phenoxy) is 1. The first-order valence-electron chi connectivity index (χ1n) is 10.5. The number of furan rings is 1. The first kappa shape index (κ1) is 18.9. The summed E-state index contributed by atoms with van der Waals surface area (Å²) < 4.78 is 12.3. The van der Waals surface area contributed by atoms with Crippen LogP contribution in [0.15, 0.2) is 40.8 Å². The van der Waals surface area contributed by atoms with Crippen LogP contribution in [0, 0.1) is 20.8 Å². The van der Waals surface area contributed by atoms with Crippen molar-refractivity contribution in [1.29, 1.82) is 0 Å². The smallest absolute Gasteiger partial charge is 0.289 e. The molecule has 1 spiro atoms. The van der Waals surface area contributed by atoms with Gasteiger partial charge >= 0.3 is 0 Å². The van der Waals surface area contributed by atoms with Gasteiger partial charge in [-0.2, -0.15) is 0 Å². The molecule has 3 aromatic rings. The third kappa shape index (κ3) is 2.92. The van der Waals surface area contributed by atoms with Crippen molar-refractivity contribution in [1.82, 2.24) is 4.90 Å². The van der Waals surface area contributed by atoms with Crippen LogP contribution in [0.5, 0.6) is 5.75 Å². The minimum absolute atomic E-state index is 0.0899. The van der Waals surface area contributed by atoms with Gasteiger partial charge in [0.1, 0.15) is 16.9 Å². The molecule has 30 heavy (non-hydrogen) atoms. The van der Waals surface area contributed by atoms with Gasteiger partial charge in [0.25, 0.3) is 5.91 Å². The zero-order chi connectivity index (χ0) is 21.0. The van der Waals surface area contributed by atoms with Crippen LogP contribution in [0.4, 0.5) is 0 Å². The summed E-state index contributed by atoms with van der Waals surface area (Å²) in [5, 5.41) is 0.970. The summed E-state index contributed by atoms with van der Waals surface area (Å²) in [6.07, 6.45) is 1.64. The standard InChI is InChI=1S/C25H25NO4/c1-15-12-16(2)22-19(13-15)20(27)14-25(30-22)8-10-26(11-9-25)24(28)23-17(3)18-6-4-5-7-21(18)29-23/h4-7,12-13H,8-11,14H2,1-3H3. The van der Waals surface area contributed by atoms with Crippen LogP contribution in [0.1, 0.15) is 56.9 Å². The number of hydrogen-bond acceptors (Lipinski definition) is 4. The van der Waals surface area contributed by atoms with Gasteiger partial charge < -0.3 is 14.1 Å². The number of para-hydroxylation sites is 1. The molecule has 5 rings (SSSR count). The molecule has 2 aliphatic heterocycles. The van der Waals surface area contributed by atoms with E-state index in [1.54, 1.807) is 0 Å². The van der Waals surface area contributed by atoms with Gasteiger partial charge in [0, 0.05) is 36.9 Å². The summed E-state index contributed by atoms with van der Waals surface area (Å²) in [7, 11) is 0. The van der Waals surface area contributed by atoms with Crippen LogP contribution >= 0.6 is 0 Å². The van der Waals surface area contributed by atoms with Gasteiger partial charge in [-0.1, -0.05) is 24.3 Å². The molecule has 0 bridgehead atoms. The third-order valence-corrected chi connectivity index (χ3v) is 6.52. The van der Waals surface area contributed by atoms with E-state index in [0.717, 1.165) is 27.7 Å². The van der Waals surface area contributed by atoms with E-state index in [9.17, 15) is 9.59 Å². The lowest BCUT2D eigenvalue weighted by molar-refractivity contribution is -0.00687. The number of rotatable bonds is 1. The van der Waals surface area contributed by atoms with Gasteiger partial charge in [0.15, 0.2) is 11.5 Å². The molecule has 1 aromatic heterocycles. The van der Waals surface area contributed by atoms with Gasteiger partial charge in [-0.25, -0.2) is 0 Å². The second-order valence-electron chi connectivity index (χ2n) is 8.69. The lowest BCUT2D eigenvalue weighted by Crippen LogP contribution is -2.52. The second-order valence-corrected chi connectivity index (χ2v) is 8.69. The van der Waals surface area contributed by atoms with Gasteiger partial charge in [-0.15, -0.1) is 0 Å². The SMILES string of the molecule is Cc1cc(C)c2c(c1)C(=O)CC1(CCN(C(=O)c3oc4ccccc4c3C)CC1)O2. The van der Waals surface area contributed by atoms with Gasteiger partial charge in [0.2, 0.25) is 0 Å². The number of ketones is 1. The number of nitrogens with zero attached hydrogens (tertiary/aromatic N) is 1. The maximum Gasteiger partial charge on any atom is 0.289 e. The maximum absolute atomic E-state index is 13.1. The molecule has 0 atom stereocenters. The van der Waals surface area contributed by atoms with Crippen molar-refractivity contribution in [2.24, 2.45) is 0 Å². The Bertz CT molecular complexity index is 1180. The predicted octanol–water partition coefficient (Wildman–Crippen LogP) is 5.00. The Morgan fingerprint density at radius 3 is 2.53 bits per heavy atom. The minimum Gasteiger partial charge on any atom is -0.486 e. The Morgan fingerprint density at radius 1 is 1.07 bits per heavy atom. The molecule has 0 aliphatic carbocycles. The molecule has 0 radical (unpaired) electrons. The van der Waals surface area contributed by atoms with E-state index in [0.29, 0.717) is 49.4 Å². The Hall–Kier alpha value is -3.08. The summed E-state index contributed by atoms with van der Waals surface area (Å²) in [4.78, 5) is 27.8. The molecule has 2 aliphatic rings. The molecule has 0 N–H and O–H groups in total. The zero-order valence-electron chi connectivity index (χ0n) is 17.6. The maximum atomic E-state index is 13.1. The fourth-order valence-electron chi connectivity index (χ4n) is 4.86. The molecule has 0 saturated carbocycles. The minimum atomic E-state index is -0.524. The van der Waals surface area contributed by atoms with Gasteiger partial charge in [-0.3, -0.25) is 9.59 Å². The number of likely N-dealkylation sites (tertiary alicyclic amines) is 1. The predicted molar refractivity (Wildman–Crippen MR) is 114 cm³/mol. The summed E-state index contributed by atoms with van der Waals surface area (Å²) in [6.45, 7) is 7.00. The summed E-state index contributed by atoms with van der Waals surface area (Å²) in [5.41, 5.74) is 3.84. The number of hydrogen-bond donors (Lipinski definition) is 0. The van der Waals surface area contributed by atoms with Gasteiger partial charge in [-0.05, 0) is 44.0 Å². The van der Waals surface area contributed by atoms with Crippen molar-refractivity contribution in [3.63, 3.8) is 0 Å². The Morgan fingerprint density at radius 2 is 1.80 bits per heavy atom. The fourth-order valence-corrected chi connectivity index (χ4v) is 4.86. The number of piperidine rings is 1. The van der Waals surface area contributed by atoms with Crippen molar-refractivity contribution >= 4 is 22.7 Å². The molecule has 1 fully saturated rings. The zero-order valence-corrected chi connectivity index (χ0v) is 17.6. The third-order valence-electron chi connectivity index (χ3n) is 6.52. The van der Waals surface area contributed by atoms with Gasteiger partial charge in [0.05, 0.1) is 12.0 Å². The van der Waals surface area contributed by atoms with Crippen molar-refractivity contribution in [3.8, 4) is 5.75 Å². The lowest BCUT2D eigenvalue weighted by Gasteiger charge is -2.44. The van der Waals surface area contributed by atoms with Crippen LogP contribution in [-0.2, 0) is 0 Å². The number of fused-ring (bicyclic) bond motifs is 2. The molecular formula is C25H25NO4. The highest BCUT2D eigenvalue weighted by molar-refractivity contribution is 6.01. The van der Waals surface area contributed by atoms with E-state index in [-0.39, 0.29) is 11.7 Å². The summed E-state index contributed by atoms with van der Waals surface area (Å²) in [5.74, 6) is 1.16. The highest BCUT2D eigenvalue weighted by Crippen LogP contribution is 2.41. The van der Waals surface area contributed by atoms with Crippen LogP contribution in [0.3, 0.4) is 0 Å². The monoisotopic (exact) mass is 403 g/mol. The topological polar surface area (TPSA) is 59.8 Å². The quantitative estimate of drug-likeness (QED) is 0.574. The average Bonchev–Trinajstić information content (AvgIpc) is 3.06. The molecule has 0 unspecified atom stereocenters. The van der Waals surface area contributed by atoms with Crippen LogP contribution in [0.25, 0.3) is 11.0 Å². The van der Waals surface area contributed by atoms with E-state index >= 15 is 0 Å². The molecule has 1 saturated heterocycles. The molecule has 154 valence electrons. The van der Waals surface area contributed by atoms with E-state index in [1.807, 2.05) is 62.1 Å². The van der Waals surface area contributed by atoms with E-state index < -0.39 is 5.60 Å². The Balaban J connectivity index is 1.36. The van der Waals surface area contributed by atoms with Crippen LogP contribution < -0.4 is 4.74 Å². The Labute approximate surface area is 175 Å². The first-order chi connectivity index (χ1) is 14.4. The van der Waals surface area contributed by atoms with E-state index in [2.05, 4.69) is 0 Å². The van der Waals surface area contributed by atoms with Crippen molar-refractivity contribution in [2.45, 2.75) is 45.6 Å². The average molecular weight is 403 g/mol. The number of amides is 1. The summed E-state index contributed by atoms with van der Waals surface area (Å²) >= 11 is 0. The number of carbonyl (C=O) groups excluding carboxylic acids is 2. The van der Waals surface area contributed by atoms with Crippen LogP contribution in [0.2, 0.25) is 0 Å². The Kier molecular flexibility index (Phi) is 4.24. The molecule has 5 nitrogen and oxygen atoms in total. The molecule has 1 amide bonds. The van der Waals surface area contributed by atoms with E-state index in [1.165, 1.54) is 0 Å². The number of benzene rings is 2. The number of aryl methyl sites for hydroxylation is 3. The second kappa shape index (κ2) is 6.73. The van der Waals surface area contributed by atoms with E-state index in [4.69, 9.17) is 9.15 Å². The molecule has 5 heteroatoms. The highest BCUT2D eigenvalue weighted by Gasteiger charge is 2.44. The number of carbonyl (C=O) groups is 2. The van der Waals surface area contributed by atoms with Crippen molar-refractivity contribution in [3.05, 3.63) is 64.4 Å². The van der Waals surface area contributed by atoms with Crippen molar-refractivity contribution < 1.29 is 18.7 Å².